The van der Waals surface area contributed by atoms with Crippen LogP contribution < -0.4 is 14.8 Å². The summed E-state index contributed by atoms with van der Waals surface area (Å²) < 4.78 is 13.7. The first-order valence-corrected chi connectivity index (χ1v) is 11.7. The molecular weight excluding hydrogens is 450 g/mol. The number of hydrogen-bond acceptors (Lipinski definition) is 4. The number of nitrogens with one attached hydrogen (secondary N) is 1. The number of nitrogens with zero attached hydrogens (tertiary/aromatic N) is 2. The smallest absolute Gasteiger partial charge is 0.258 e. The minimum Gasteiger partial charge on any atom is -0.494 e. The molecule has 0 atom stereocenters. The van der Waals surface area contributed by atoms with Crippen molar-refractivity contribution >= 4 is 28.5 Å². The first kappa shape index (κ1) is 23.6. The molecule has 0 spiro atoms. The van der Waals surface area contributed by atoms with Crippen molar-refractivity contribution in [3.05, 3.63) is 88.7 Å². The van der Waals surface area contributed by atoms with Crippen LogP contribution in [0.15, 0.2) is 66.7 Å². The molecule has 0 saturated carbocycles. The average Bonchev–Trinajstić information content (AvgIpc) is 3.19. The molecule has 4 aromatic rings. The van der Waals surface area contributed by atoms with Gasteiger partial charge in [-0.3, -0.25) is 4.79 Å². The highest BCUT2D eigenvalue weighted by atomic mass is 35.5. The minimum atomic E-state index is -0.189. The van der Waals surface area contributed by atoms with Gasteiger partial charge in [0, 0.05) is 11.6 Å². The molecule has 0 saturated heterocycles. The van der Waals surface area contributed by atoms with E-state index in [1.165, 1.54) is 0 Å². The number of halogens is 1. The molecule has 176 valence electrons. The largest absolute Gasteiger partial charge is 0.494 e. The van der Waals surface area contributed by atoms with Crippen LogP contribution in [0.4, 0.5) is 0 Å². The molecule has 1 N–H and O–H groups in total. The van der Waals surface area contributed by atoms with Crippen molar-refractivity contribution < 1.29 is 14.3 Å². The molecule has 0 aliphatic rings. The number of aromatic nitrogens is 2. The van der Waals surface area contributed by atoms with E-state index in [9.17, 15) is 4.79 Å². The fraction of sp³-hybridized carbons (Fsp3) is 0.259. The highest BCUT2D eigenvalue weighted by Gasteiger charge is 2.12. The fourth-order valence-electron chi connectivity index (χ4n) is 3.69. The predicted octanol–water partition coefficient (Wildman–Crippen LogP) is 5.47. The summed E-state index contributed by atoms with van der Waals surface area (Å²) in [6, 6.07) is 21.3. The predicted molar refractivity (Wildman–Crippen MR) is 135 cm³/mol. The molecule has 4 rings (SSSR count). The lowest BCUT2D eigenvalue weighted by Crippen LogP contribution is -2.29. The summed E-state index contributed by atoms with van der Waals surface area (Å²) in [5.41, 5.74) is 4.03. The van der Waals surface area contributed by atoms with Crippen molar-refractivity contribution in [3.8, 4) is 11.5 Å². The zero-order valence-corrected chi connectivity index (χ0v) is 20.1. The molecule has 3 aromatic carbocycles. The third-order valence-electron chi connectivity index (χ3n) is 5.49. The van der Waals surface area contributed by atoms with Gasteiger partial charge in [-0.2, -0.15) is 0 Å². The van der Waals surface area contributed by atoms with Crippen molar-refractivity contribution in [1.29, 1.82) is 0 Å². The van der Waals surface area contributed by atoms with Gasteiger partial charge in [-0.15, -0.1) is 0 Å². The molecule has 0 aliphatic heterocycles. The van der Waals surface area contributed by atoms with E-state index >= 15 is 0 Å². The lowest BCUT2D eigenvalue weighted by molar-refractivity contribution is -0.123. The van der Waals surface area contributed by atoms with Crippen molar-refractivity contribution in [2.24, 2.45) is 0 Å². The molecule has 0 unspecified atom stereocenters. The van der Waals surface area contributed by atoms with Gasteiger partial charge in [-0.05, 0) is 73.9 Å². The number of para-hydroxylation sites is 2. The number of rotatable bonds is 10. The summed E-state index contributed by atoms with van der Waals surface area (Å²) in [4.78, 5) is 17.2. The van der Waals surface area contributed by atoms with Crippen LogP contribution in [0, 0.1) is 13.8 Å². The van der Waals surface area contributed by atoms with Gasteiger partial charge >= 0.3 is 0 Å². The zero-order chi connectivity index (χ0) is 23.9. The van der Waals surface area contributed by atoms with E-state index in [1.807, 2.05) is 80.6 Å². The van der Waals surface area contributed by atoms with Crippen LogP contribution >= 0.6 is 11.6 Å². The van der Waals surface area contributed by atoms with E-state index in [2.05, 4.69) is 9.88 Å². The first-order chi connectivity index (χ1) is 16.5. The van der Waals surface area contributed by atoms with Gasteiger partial charge in [-0.25, -0.2) is 4.98 Å². The van der Waals surface area contributed by atoms with Gasteiger partial charge in [0.1, 0.15) is 17.3 Å². The highest BCUT2D eigenvalue weighted by Crippen LogP contribution is 2.20. The maximum absolute atomic E-state index is 12.5. The SMILES string of the molecule is Cc1ccc(C)c(OCC(=O)NCc2nc3ccccc3n2CCCOc2ccc(Cl)cc2)c1. The summed E-state index contributed by atoms with van der Waals surface area (Å²) in [5, 5.41) is 3.62. The van der Waals surface area contributed by atoms with Gasteiger partial charge in [-0.1, -0.05) is 35.9 Å². The van der Waals surface area contributed by atoms with E-state index in [1.54, 1.807) is 0 Å². The molecule has 0 fully saturated rings. The molecule has 1 aromatic heterocycles. The van der Waals surface area contributed by atoms with Crippen LogP contribution in [0.1, 0.15) is 23.4 Å². The maximum atomic E-state index is 12.5. The van der Waals surface area contributed by atoms with E-state index in [0.29, 0.717) is 18.2 Å². The second-order valence-electron chi connectivity index (χ2n) is 8.16. The number of ether oxygens (including phenoxy) is 2. The van der Waals surface area contributed by atoms with E-state index in [0.717, 1.165) is 52.4 Å². The normalized spacial score (nSPS) is 10.9. The quantitative estimate of drug-likeness (QED) is 0.307. The molecular formula is C27H28ClN3O3. The standard InChI is InChI=1S/C27H28ClN3O3/c1-19-8-9-20(2)25(16-19)34-18-27(32)29-17-26-30-23-6-3-4-7-24(23)31(26)14-5-15-33-22-12-10-21(28)11-13-22/h3-4,6-13,16H,5,14-15,17-18H2,1-2H3,(H,29,32). The number of carbonyl (C=O) groups is 1. The fourth-order valence-corrected chi connectivity index (χ4v) is 3.81. The third kappa shape index (κ3) is 6.08. The van der Waals surface area contributed by atoms with E-state index in [-0.39, 0.29) is 12.5 Å². The summed E-state index contributed by atoms with van der Waals surface area (Å²) >= 11 is 5.93. The Hall–Kier alpha value is -3.51. The Morgan fingerprint density at radius 2 is 1.82 bits per heavy atom. The minimum absolute atomic E-state index is 0.0422. The van der Waals surface area contributed by atoms with Crippen molar-refractivity contribution in [2.75, 3.05) is 13.2 Å². The second kappa shape index (κ2) is 11.1. The maximum Gasteiger partial charge on any atom is 0.258 e. The van der Waals surface area contributed by atoms with Crippen LogP contribution in [0.3, 0.4) is 0 Å². The summed E-state index contributed by atoms with van der Waals surface area (Å²) in [6.45, 7) is 5.52. The van der Waals surface area contributed by atoms with Gasteiger partial charge in [0.05, 0.1) is 24.2 Å². The third-order valence-corrected chi connectivity index (χ3v) is 5.74. The molecule has 34 heavy (non-hydrogen) atoms. The number of aryl methyl sites for hydroxylation is 3. The summed E-state index contributed by atoms with van der Waals surface area (Å²) in [6.07, 6.45) is 0.791. The van der Waals surface area contributed by atoms with Crippen molar-refractivity contribution in [3.63, 3.8) is 0 Å². The van der Waals surface area contributed by atoms with E-state index < -0.39 is 0 Å². The second-order valence-corrected chi connectivity index (χ2v) is 8.60. The molecule has 0 radical (unpaired) electrons. The molecule has 7 heteroatoms. The topological polar surface area (TPSA) is 65.4 Å². The lowest BCUT2D eigenvalue weighted by Gasteiger charge is -2.12. The molecule has 1 heterocycles. The Morgan fingerprint density at radius 3 is 2.65 bits per heavy atom. The number of benzene rings is 3. The van der Waals surface area contributed by atoms with Crippen LogP contribution in [0.5, 0.6) is 11.5 Å². The Morgan fingerprint density at radius 1 is 1.03 bits per heavy atom. The monoisotopic (exact) mass is 477 g/mol. The Kier molecular flexibility index (Phi) is 7.70. The lowest BCUT2D eigenvalue weighted by atomic mass is 10.1. The zero-order valence-electron chi connectivity index (χ0n) is 19.4. The van der Waals surface area contributed by atoms with Gasteiger partial charge in [0.2, 0.25) is 0 Å². The Balaban J connectivity index is 1.35. The van der Waals surface area contributed by atoms with Crippen LogP contribution in [-0.4, -0.2) is 28.7 Å². The summed E-state index contributed by atoms with van der Waals surface area (Å²) in [5.74, 6) is 2.12. The number of imidazole rings is 1. The summed E-state index contributed by atoms with van der Waals surface area (Å²) in [7, 11) is 0. The van der Waals surface area contributed by atoms with Crippen molar-refractivity contribution in [1.82, 2.24) is 14.9 Å². The number of fused-ring (bicyclic) bond motifs is 1. The van der Waals surface area contributed by atoms with Gasteiger partial charge in [0.25, 0.3) is 5.91 Å². The van der Waals surface area contributed by atoms with Crippen molar-refractivity contribution in [2.45, 2.75) is 33.4 Å². The Labute approximate surface area is 204 Å². The van der Waals surface area contributed by atoms with E-state index in [4.69, 9.17) is 26.1 Å². The number of carbonyl (C=O) groups excluding carboxylic acids is 1. The van der Waals surface area contributed by atoms with Crippen LogP contribution in [0.2, 0.25) is 5.02 Å². The number of amides is 1. The molecule has 6 nitrogen and oxygen atoms in total. The Bertz CT molecular complexity index is 1270. The molecule has 0 aliphatic carbocycles. The molecule has 1 amide bonds. The highest BCUT2D eigenvalue weighted by molar-refractivity contribution is 6.30. The molecule has 0 bridgehead atoms. The number of hydrogen-bond donors (Lipinski definition) is 1. The van der Waals surface area contributed by atoms with Gasteiger partial charge in [0.15, 0.2) is 6.61 Å². The van der Waals surface area contributed by atoms with Crippen LogP contribution in [-0.2, 0) is 17.9 Å². The average molecular weight is 478 g/mol. The first-order valence-electron chi connectivity index (χ1n) is 11.3. The van der Waals surface area contributed by atoms with Gasteiger partial charge < -0.3 is 19.4 Å². The van der Waals surface area contributed by atoms with Crippen LogP contribution in [0.25, 0.3) is 11.0 Å².